The van der Waals surface area contributed by atoms with Gasteiger partial charge in [0, 0.05) is 49.6 Å². The van der Waals surface area contributed by atoms with Crippen molar-refractivity contribution in [1.82, 2.24) is 8.97 Å². The molecule has 0 spiro atoms. The van der Waals surface area contributed by atoms with Crippen molar-refractivity contribution < 1.29 is 4.42 Å². The molecule has 5 heterocycles. The second-order valence-electron chi connectivity index (χ2n) is 9.00. The minimum atomic E-state index is 0.931. The molecule has 9 aromatic rings. The van der Waals surface area contributed by atoms with Gasteiger partial charge in [-0.05, 0) is 36.4 Å². The molecule has 9 rings (SSSR count). The average Bonchev–Trinajstić information content (AvgIpc) is 3.55. The highest BCUT2D eigenvalue weighted by Gasteiger charge is 2.25. The summed E-state index contributed by atoms with van der Waals surface area (Å²) in [4.78, 5) is 0. The summed E-state index contributed by atoms with van der Waals surface area (Å²) >= 11 is 1.89. The van der Waals surface area contributed by atoms with Crippen molar-refractivity contribution in [2.24, 2.45) is 7.05 Å². The first-order chi connectivity index (χ1) is 16.3. The smallest absolute Gasteiger partial charge is 0.160 e. The van der Waals surface area contributed by atoms with Gasteiger partial charge in [0.15, 0.2) is 5.58 Å². The normalized spacial score (nSPS) is 13.0. The molecule has 0 saturated heterocycles. The van der Waals surface area contributed by atoms with Crippen LogP contribution >= 0.6 is 11.3 Å². The topological polar surface area (TPSA) is 22.5 Å². The molecule has 0 atom stereocenters. The van der Waals surface area contributed by atoms with Crippen LogP contribution in [0.4, 0.5) is 0 Å². The zero-order valence-electron chi connectivity index (χ0n) is 17.7. The van der Waals surface area contributed by atoms with Gasteiger partial charge in [-0.2, -0.15) is 0 Å². The van der Waals surface area contributed by atoms with Gasteiger partial charge < -0.3 is 13.4 Å². The first-order valence-corrected chi connectivity index (χ1v) is 12.0. The Hall–Kier alpha value is -4.02. The number of thiophene rings is 1. The van der Waals surface area contributed by atoms with E-state index in [1.807, 2.05) is 11.3 Å². The Balaban J connectivity index is 1.82. The average molecular weight is 441 g/mol. The van der Waals surface area contributed by atoms with Gasteiger partial charge >= 0.3 is 0 Å². The van der Waals surface area contributed by atoms with Crippen molar-refractivity contribution in [3.8, 4) is 0 Å². The SMILES string of the molecule is Cn1c2cccc3c4oc5ccccc5c4n4c5c6ccccc6sc5c5ccc1c(c32)c54. The second kappa shape index (κ2) is 5.30. The molecule has 0 radical (unpaired) electrons. The number of benzene rings is 4. The van der Waals surface area contributed by atoms with Crippen molar-refractivity contribution in [3.05, 3.63) is 78.9 Å². The zero-order valence-corrected chi connectivity index (χ0v) is 18.5. The molecule has 0 fully saturated rings. The maximum absolute atomic E-state index is 6.64. The molecule has 0 aliphatic rings. The van der Waals surface area contributed by atoms with E-state index in [1.54, 1.807) is 0 Å². The maximum atomic E-state index is 6.64. The van der Waals surface area contributed by atoms with E-state index in [1.165, 1.54) is 58.4 Å². The third kappa shape index (κ3) is 1.71. The summed E-state index contributed by atoms with van der Waals surface area (Å²) in [6.45, 7) is 0. The Morgan fingerprint density at radius 1 is 0.636 bits per heavy atom. The standard InChI is InChI=1S/C29H16N2OS/c1-30-19-10-6-9-17-23(19)24-20(30)14-13-18-25(24)31(26-15-7-2-4-11-21(15)32-28(17)26)27-16-8-3-5-12-22(16)33-29(18)27/h2-14H,1H3. The first kappa shape index (κ1) is 16.6. The van der Waals surface area contributed by atoms with Crippen LogP contribution in [0.3, 0.4) is 0 Å². The molecular formula is C29H16N2OS. The van der Waals surface area contributed by atoms with Gasteiger partial charge in [0.2, 0.25) is 0 Å². The lowest BCUT2D eigenvalue weighted by Gasteiger charge is -2.02. The molecule has 0 aliphatic carbocycles. The van der Waals surface area contributed by atoms with Crippen molar-refractivity contribution >= 4 is 91.8 Å². The van der Waals surface area contributed by atoms with E-state index in [0.29, 0.717) is 0 Å². The van der Waals surface area contributed by atoms with E-state index in [0.717, 1.165) is 22.1 Å². The Bertz CT molecular complexity index is 2250. The molecule has 5 aromatic heterocycles. The minimum Gasteiger partial charge on any atom is -0.454 e. The lowest BCUT2D eigenvalue weighted by atomic mass is 10.1. The number of nitrogens with zero attached hydrogens (tertiary/aromatic N) is 2. The highest BCUT2D eigenvalue weighted by molar-refractivity contribution is 7.26. The molecule has 0 unspecified atom stereocenters. The Morgan fingerprint density at radius 2 is 1.42 bits per heavy atom. The van der Waals surface area contributed by atoms with Crippen LogP contribution in [-0.4, -0.2) is 8.97 Å². The Labute approximate surface area is 191 Å². The van der Waals surface area contributed by atoms with Crippen LogP contribution in [0.5, 0.6) is 0 Å². The van der Waals surface area contributed by atoms with Gasteiger partial charge in [-0.1, -0.05) is 42.5 Å². The number of hydrogen-bond donors (Lipinski definition) is 0. The van der Waals surface area contributed by atoms with Gasteiger partial charge in [-0.3, -0.25) is 0 Å². The van der Waals surface area contributed by atoms with Crippen LogP contribution in [0.1, 0.15) is 0 Å². The fourth-order valence-corrected chi connectivity index (χ4v) is 7.35. The molecule has 4 heteroatoms. The largest absolute Gasteiger partial charge is 0.454 e. The molecule has 0 amide bonds. The van der Waals surface area contributed by atoms with Gasteiger partial charge in [-0.25, -0.2) is 0 Å². The van der Waals surface area contributed by atoms with E-state index in [9.17, 15) is 0 Å². The highest BCUT2D eigenvalue weighted by atomic mass is 32.1. The quantitative estimate of drug-likeness (QED) is 0.232. The molecule has 0 N–H and O–H groups in total. The monoisotopic (exact) mass is 440 g/mol. The van der Waals surface area contributed by atoms with E-state index in [2.05, 4.69) is 94.9 Å². The maximum Gasteiger partial charge on any atom is 0.160 e. The summed E-state index contributed by atoms with van der Waals surface area (Å²) in [5.74, 6) is 0. The first-order valence-electron chi connectivity index (χ1n) is 11.2. The Kier molecular flexibility index (Phi) is 2.67. The van der Waals surface area contributed by atoms with Crippen LogP contribution in [-0.2, 0) is 7.05 Å². The number of aryl methyl sites for hydroxylation is 1. The molecular weight excluding hydrogens is 424 g/mol. The van der Waals surface area contributed by atoms with Crippen LogP contribution in [0.25, 0.3) is 80.5 Å². The lowest BCUT2D eigenvalue weighted by Crippen LogP contribution is -1.88. The number of aromatic nitrogens is 2. The molecule has 0 aliphatic heterocycles. The summed E-state index contributed by atoms with van der Waals surface area (Å²) in [7, 11) is 2.17. The van der Waals surface area contributed by atoms with Crippen LogP contribution < -0.4 is 0 Å². The predicted octanol–water partition coefficient (Wildman–Crippen LogP) is 8.44. The number of hydrogen-bond acceptors (Lipinski definition) is 2. The van der Waals surface area contributed by atoms with Gasteiger partial charge in [0.05, 0.1) is 21.3 Å². The van der Waals surface area contributed by atoms with Gasteiger partial charge in [0.25, 0.3) is 0 Å². The number of furan rings is 1. The molecule has 3 nitrogen and oxygen atoms in total. The molecule has 4 aromatic carbocycles. The van der Waals surface area contributed by atoms with Crippen LogP contribution in [0.15, 0.2) is 83.3 Å². The van der Waals surface area contributed by atoms with E-state index in [4.69, 9.17) is 4.42 Å². The molecule has 0 saturated carbocycles. The lowest BCUT2D eigenvalue weighted by molar-refractivity contribution is 0.672. The second-order valence-corrected chi connectivity index (χ2v) is 10.1. The fraction of sp³-hybridized carbons (Fsp3) is 0.0345. The number of rotatable bonds is 0. The van der Waals surface area contributed by atoms with E-state index in [-0.39, 0.29) is 0 Å². The number of fused-ring (bicyclic) bond motifs is 10. The number of para-hydroxylation sites is 1. The van der Waals surface area contributed by atoms with E-state index >= 15 is 0 Å². The minimum absolute atomic E-state index is 0.931. The predicted molar refractivity (Wildman–Crippen MR) is 140 cm³/mol. The van der Waals surface area contributed by atoms with Crippen molar-refractivity contribution in [3.63, 3.8) is 0 Å². The molecule has 0 bridgehead atoms. The van der Waals surface area contributed by atoms with Gasteiger partial charge in [-0.15, -0.1) is 11.3 Å². The summed E-state index contributed by atoms with van der Waals surface area (Å²) in [5, 5.41) is 7.56. The summed E-state index contributed by atoms with van der Waals surface area (Å²) in [6.07, 6.45) is 0. The van der Waals surface area contributed by atoms with Crippen molar-refractivity contribution in [1.29, 1.82) is 0 Å². The summed E-state index contributed by atoms with van der Waals surface area (Å²) < 4.78 is 14.1. The zero-order chi connectivity index (χ0) is 21.4. The van der Waals surface area contributed by atoms with Crippen molar-refractivity contribution in [2.75, 3.05) is 0 Å². The van der Waals surface area contributed by atoms with Crippen molar-refractivity contribution in [2.45, 2.75) is 0 Å². The van der Waals surface area contributed by atoms with Gasteiger partial charge in [0.1, 0.15) is 11.1 Å². The van der Waals surface area contributed by atoms with Crippen LogP contribution in [0, 0.1) is 0 Å². The molecule has 33 heavy (non-hydrogen) atoms. The van der Waals surface area contributed by atoms with Crippen LogP contribution in [0.2, 0.25) is 0 Å². The summed E-state index contributed by atoms with van der Waals surface area (Å²) in [6, 6.07) is 28.4. The third-order valence-electron chi connectivity index (χ3n) is 7.47. The van der Waals surface area contributed by atoms with E-state index < -0.39 is 0 Å². The fourth-order valence-electron chi connectivity index (χ4n) is 6.13. The third-order valence-corrected chi connectivity index (χ3v) is 8.66. The highest BCUT2D eigenvalue weighted by Crippen LogP contribution is 2.48. The Morgan fingerprint density at radius 3 is 2.36 bits per heavy atom. The summed E-state index contributed by atoms with van der Waals surface area (Å²) in [5.41, 5.74) is 8.13. The molecule has 154 valence electrons.